The molecular formula is C14H10BrNO3. The van der Waals surface area contributed by atoms with Crippen LogP contribution in [0.3, 0.4) is 0 Å². The normalized spacial score (nSPS) is 13.1. The van der Waals surface area contributed by atoms with Crippen LogP contribution in [0, 0.1) is 0 Å². The Bertz CT molecular complexity index is 655. The molecule has 2 aromatic rings. The van der Waals surface area contributed by atoms with Gasteiger partial charge in [-0.2, -0.15) is 0 Å². The van der Waals surface area contributed by atoms with E-state index >= 15 is 0 Å². The van der Waals surface area contributed by atoms with Gasteiger partial charge in [-0.3, -0.25) is 4.99 Å². The van der Waals surface area contributed by atoms with Crippen molar-refractivity contribution in [3.8, 4) is 17.2 Å². The van der Waals surface area contributed by atoms with Gasteiger partial charge in [-0.1, -0.05) is 15.9 Å². The SMILES string of the molecule is Oc1ccc(Br)cc1C=Nc1ccc2c(c1)OCO2. The van der Waals surface area contributed by atoms with Crippen LogP contribution in [0.5, 0.6) is 17.2 Å². The molecule has 0 amide bonds. The van der Waals surface area contributed by atoms with Crippen LogP contribution in [0.2, 0.25) is 0 Å². The number of ether oxygens (including phenoxy) is 2. The number of hydrogen-bond donors (Lipinski definition) is 1. The summed E-state index contributed by atoms with van der Waals surface area (Å²) in [4.78, 5) is 4.31. The Morgan fingerprint density at radius 3 is 2.84 bits per heavy atom. The fourth-order valence-electron chi connectivity index (χ4n) is 1.74. The Morgan fingerprint density at radius 1 is 1.11 bits per heavy atom. The van der Waals surface area contributed by atoms with Crippen LogP contribution in [0.4, 0.5) is 5.69 Å². The Balaban J connectivity index is 1.88. The number of hydrogen-bond acceptors (Lipinski definition) is 4. The van der Waals surface area contributed by atoms with Gasteiger partial charge in [-0.15, -0.1) is 0 Å². The number of rotatable bonds is 2. The highest BCUT2D eigenvalue weighted by Crippen LogP contribution is 2.35. The molecule has 0 saturated carbocycles. The standard InChI is InChI=1S/C14H10BrNO3/c15-10-1-3-12(17)9(5-10)7-16-11-2-4-13-14(6-11)19-8-18-13/h1-7,17H,8H2. The van der Waals surface area contributed by atoms with Gasteiger partial charge in [0.05, 0.1) is 5.69 Å². The molecular weight excluding hydrogens is 310 g/mol. The minimum atomic E-state index is 0.188. The first-order valence-electron chi connectivity index (χ1n) is 5.64. The smallest absolute Gasteiger partial charge is 0.231 e. The lowest BCUT2D eigenvalue weighted by molar-refractivity contribution is 0.174. The highest BCUT2D eigenvalue weighted by molar-refractivity contribution is 9.10. The number of aliphatic imine (C=N–C) groups is 1. The largest absolute Gasteiger partial charge is 0.507 e. The summed E-state index contributed by atoms with van der Waals surface area (Å²) >= 11 is 3.35. The minimum Gasteiger partial charge on any atom is -0.507 e. The molecule has 0 fully saturated rings. The third-order valence-electron chi connectivity index (χ3n) is 2.70. The average molecular weight is 320 g/mol. The predicted molar refractivity (Wildman–Crippen MR) is 75.6 cm³/mol. The van der Waals surface area contributed by atoms with E-state index in [1.807, 2.05) is 12.1 Å². The van der Waals surface area contributed by atoms with E-state index in [1.165, 1.54) is 0 Å². The minimum absolute atomic E-state index is 0.188. The van der Waals surface area contributed by atoms with Crippen molar-refractivity contribution >= 4 is 27.8 Å². The van der Waals surface area contributed by atoms with Crippen molar-refractivity contribution in [1.29, 1.82) is 0 Å². The van der Waals surface area contributed by atoms with Crippen LogP contribution in [0.1, 0.15) is 5.56 Å². The van der Waals surface area contributed by atoms with E-state index in [1.54, 1.807) is 30.5 Å². The van der Waals surface area contributed by atoms with Crippen molar-refractivity contribution in [3.05, 3.63) is 46.4 Å². The molecule has 4 nitrogen and oxygen atoms in total. The number of halogens is 1. The van der Waals surface area contributed by atoms with E-state index in [2.05, 4.69) is 20.9 Å². The van der Waals surface area contributed by atoms with Gasteiger partial charge in [0, 0.05) is 22.3 Å². The zero-order chi connectivity index (χ0) is 13.2. The first-order chi connectivity index (χ1) is 9.22. The first kappa shape index (κ1) is 12.0. The average Bonchev–Trinajstić information content (AvgIpc) is 2.87. The van der Waals surface area contributed by atoms with Crippen LogP contribution < -0.4 is 9.47 Å². The molecule has 1 heterocycles. The molecule has 0 radical (unpaired) electrons. The van der Waals surface area contributed by atoms with Crippen molar-refractivity contribution < 1.29 is 14.6 Å². The van der Waals surface area contributed by atoms with Gasteiger partial charge < -0.3 is 14.6 Å². The monoisotopic (exact) mass is 319 g/mol. The number of aromatic hydroxyl groups is 1. The zero-order valence-electron chi connectivity index (χ0n) is 9.84. The lowest BCUT2D eigenvalue weighted by atomic mass is 10.2. The molecule has 0 atom stereocenters. The lowest BCUT2D eigenvalue weighted by Crippen LogP contribution is -1.92. The molecule has 0 aliphatic carbocycles. The Morgan fingerprint density at radius 2 is 1.95 bits per heavy atom. The van der Waals surface area contributed by atoms with Gasteiger partial charge in [0.15, 0.2) is 11.5 Å². The second-order valence-corrected chi connectivity index (χ2v) is 4.91. The second-order valence-electron chi connectivity index (χ2n) is 4.00. The molecule has 19 heavy (non-hydrogen) atoms. The quantitative estimate of drug-likeness (QED) is 0.860. The van der Waals surface area contributed by atoms with E-state index in [4.69, 9.17) is 9.47 Å². The summed E-state index contributed by atoms with van der Waals surface area (Å²) in [7, 11) is 0. The fourth-order valence-corrected chi connectivity index (χ4v) is 2.12. The molecule has 0 saturated heterocycles. The van der Waals surface area contributed by atoms with Crippen molar-refractivity contribution in [1.82, 2.24) is 0 Å². The van der Waals surface area contributed by atoms with Crippen molar-refractivity contribution in [2.24, 2.45) is 4.99 Å². The Hall–Kier alpha value is -2.01. The van der Waals surface area contributed by atoms with E-state index in [9.17, 15) is 5.11 Å². The first-order valence-corrected chi connectivity index (χ1v) is 6.44. The van der Waals surface area contributed by atoms with Gasteiger partial charge in [-0.25, -0.2) is 0 Å². The van der Waals surface area contributed by atoms with Crippen LogP contribution in [-0.2, 0) is 0 Å². The summed E-state index contributed by atoms with van der Waals surface area (Å²) in [6.45, 7) is 0.245. The van der Waals surface area contributed by atoms with Gasteiger partial charge in [0.2, 0.25) is 6.79 Å². The van der Waals surface area contributed by atoms with Gasteiger partial charge in [-0.05, 0) is 30.3 Å². The van der Waals surface area contributed by atoms with E-state index < -0.39 is 0 Å². The number of benzene rings is 2. The number of phenolic OH excluding ortho intramolecular Hbond substituents is 1. The molecule has 0 bridgehead atoms. The number of phenols is 1. The molecule has 2 aromatic carbocycles. The van der Waals surface area contributed by atoms with Gasteiger partial charge >= 0.3 is 0 Å². The van der Waals surface area contributed by atoms with Gasteiger partial charge in [0.1, 0.15) is 5.75 Å². The number of fused-ring (bicyclic) bond motifs is 1. The van der Waals surface area contributed by atoms with Crippen LogP contribution in [0.25, 0.3) is 0 Å². The molecule has 1 aliphatic heterocycles. The van der Waals surface area contributed by atoms with Crippen LogP contribution >= 0.6 is 15.9 Å². The Labute approximate surface area is 118 Å². The summed E-state index contributed by atoms with van der Waals surface area (Å²) in [6, 6.07) is 10.6. The summed E-state index contributed by atoms with van der Waals surface area (Å²) in [5.41, 5.74) is 1.38. The van der Waals surface area contributed by atoms with Crippen LogP contribution in [-0.4, -0.2) is 18.1 Å². The fraction of sp³-hybridized carbons (Fsp3) is 0.0714. The van der Waals surface area contributed by atoms with Crippen molar-refractivity contribution in [2.45, 2.75) is 0 Å². The molecule has 96 valence electrons. The van der Waals surface area contributed by atoms with E-state index in [0.717, 1.165) is 15.9 Å². The third-order valence-corrected chi connectivity index (χ3v) is 3.19. The molecule has 0 aromatic heterocycles. The van der Waals surface area contributed by atoms with Crippen LogP contribution in [0.15, 0.2) is 45.9 Å². The van der Waals surface area contributed by atoms with E-state index in [-0.39, 0.29) is 12.5 Å². The summed E-state index contributed by atoms with van der Waals surface area (Å²) in [6.07, 6.45) is 1.61. The molecule has 1 N–H and O–H groups in total. The Kier molecular flexibility index (Phi) is 3.13. The molecule has 0 unspecified atom stereocenters. The van der Waals surface area contributed by atoms with Gasteiger partial charge in [0.25, 0.3) is 0 Å². The topological polar surface area (TPSA) is 51.1 Å². The maximum atomic E-state index is 9.71. The molecule has 1 aliphatic rings. The third kappa shape index (κ3) is 2.56. The molecule has 3 rings (SSSR count). The van der Waals surface area contributed by atoms with Crippen molar-refractivity contribution in [3.63, 3.8) is 0 Å². The molecule has 0 spiro atoms. The highest BCUT2D eigenvalue weighted by Gasteiger charge is 2.12. The number of nitrogens with zero attached hydrogens (tertiary/aromatic N) is 1. The summed E-state index contributed by atoms with van der Waals surface area (Å²) < 4.78 is 11.4. The maximum absolute atomic E-state index is 9.71. The van der Waals surface area contributed by atoms with Crippen molar-refractivity contribution in [2.75, 3.05) is 6.79 Å². The second kappa shape index (κ2) is 4.93. The summed E-state index contributed by atoms with van der Waals surface area (Å²) in [5.74, 6) is 1.60. The predicted octanol–water partition coefficient (Wildman–Crippen LogP) is 3.63. The maximum Gasteiger partial charge on any atom is 0.231 e. The highest BCUT2D eigenvalue weighted by atomic mass is 79.9. The zero-order valence-corrected chi connectivity index (χ0v) is 11.4. The molecule has 5 heteroatoms. The lowest BCUT2D eigenvalue weighted by Gasteiger charge is -2.00. The van der Waals surface area contributed by atoms with E-state index in [0.29, 0.717) is 11.3 Å². The summed E-state index contributed by atoms with van der Waals surface area (Å²) in [5, 5.41) is 9.71.